The first-order valence-electron chi connectivity index (χ1n) is 9.30. The minimum atomic E-state index is -0.514. The number of hydrogen-bond donors (Lipinski definition) is 1. The number of nitrogens with one attached hydrogen (secondary N) is 1. The predicted molar refractivity (Wildman–Crippen MR) is 106 cm³/mol. The van der Waals surface area contributed by atoms with Crippen molar-refractivity contribution in [3.05, 3.63) is 22.1 Å². The van der Waals surface area contributed by atoms with E-state index in [1.54, 1.807) is 4.90 Å². The smallest absolute Gasteiger partial charge is 0.410 e. The summed E-state index contributed by atoms with van der Waals surface area (Å²) < 4.78 is 6.82. The first-order chi connectivity index (χ1) is 12.7. The molecule has 1 amide bonds. The Morgan fingerprint density at radius 1 is 1.44 bits per heavy atom. The molecule has 2 unspecified atom stereocenters. The van der Waals surface area contributed by atoms with Crippen molar-refractivity contribution in [2.45, 2.75) is 59.1 Å². The van der Waals surface area contributed by atoms with E-state index in [1.807, 2.05) is 27.7 Å². The number of carbonyl (C=O) groups excluding carboxylic acids is 1. The van der Waals surface area contributed by atoms with Gasteiger partial charge in [0.2, 0.25) is 10.1 Å². The van der Waals surface area contributed by atoms with E-state index < -0.39 is 5.60 Å². The maximum absolute atomic E-state index is 12.4. The third-order valence-corrected chi connectivity index (χ3v) is 5.42. The van der Waals surface area contributed by atoms with Crippen molar-refractivity contribution < 1.29 is 9.53 Å². The van der Waals surface area contributed by atoms with Crippen LogP contribution in [0.5, 0.6) is 0 Å². The average molecular weight is 394 g/mol. The molecule has 9 heteroatoms. The van der Waals surface area contributed by atoms with E-state index in [0.717, 1.165) is 12.1 Å². The van der Waals surface area contributed by atoms with Crippen molar-refractivity contribution >= 4 is 27.5 Å². The molecule has 8 nitrogen and oxygen atoms in total. The molecule has 3 rings (SSSR count). The lowest BCUT2D eigenvalue weighted by molar-refractivity contribution is 0.0176. The zero-order chi connectivity index (χ0) is 19.8. The molecule has 148 valence electrons. The van der Waals surface area contributed by atoms with Crippen LogP contribution < -0.4 is 10.9 Å². The van der Waals surface area contributed by atoms with Gasteiger partial charge in [-0.15, -0.1) is 5.10 Å². The molecule has 2 atom stereocenters. The maximum Gasteiger partial charge on any atom is 0.410 e. The van der Waals surface area contributed by atoms with Gasteiger partial charge >= 0.3 is 6.09 Å². The van der Waals surface area contributed by atoms with Crippen LogP contribution in [0.25, 0.3) is 4.96 Å². The lowest BCUT2D eigenvalue weighted by Gasteiger charge is -2.37. The number of nitrogens with zero attached hydrogens (tertiary/aromatic N) is 4. The lowest BCUT2D eigenvalue weighted by Crippen LogP contribution is -2.50. The number of aryl methyl sites for hydroxylation is 1. The summed E-state index contributed by atoms with van der Waals surface area (Å²) in [5.41, 5.74) is 0.0745. The predicted octanol–water partition coefficient (Wildman–Crippen LogP) is 2.77. The van der Waals surface area contributed by atoms with Gasteiger partial charge in [0.15, 0.2) is 0 Å². The highest BCUT2D eigenvalue weighted by atomic mass is 32.1. The van der Waals surface area contributed by atoms with Gasteiger partial charge in [-0.1, -0.05) is 25.2 Å². The molecule has 1 aliphatic rings. The van der Waals surface area contributed by atoms with Gasteiger partial charge in [0.05, 0.1) is 0 Å². The highest BCUT2D eigenvalue weighted by molar-refractivity contribution is 7.20. The fraction of sp³-hybridized carbons (Fsp3) is 0.667. The summed E-state index contributed by atoms with van der Waals surface area (Å²) in [7, 11) is 0. The Labute approximate surface area is 162 Å². The van der Waals surface area contributed by atoms with Crippen LogP contribution in [0.1, 0.15) is 46.7 Å². The molecule has 0 spiro atoms. The Morgan fingerprint density at radius 2 is 2.19 bits per heavy atom. The summed E-state index contributed by atoms with van der Waals surface area (Å²) in [6, 6.07) is 1.55. The van der Waals surface area contributed by atoms with Crippen LogP contribution in [-0.2, 0) is 11.2 Å². The molecular formula is C18H27N5O3S. The van der Waals surface area contributed by atoms with E-state index in [9.17, 15) is 9.59 Å². The van der Waals surface area contributed by atoms with Gasteiger partial charge in [-0.3, -0.25) is 4.79 Å². The van der Waals surface area contributed by atoms with Crippen LogP contribution in [0.2, 0.25) is 0 Å². The van der Waals surface area contributed by atoms with E-state index in [2.05, 4.69) is 22.3 Å². The van der Waals surface area contributed by atoms with E-state index in [-0.39, 0.29) is 17.7 Å². The molecule has 0 saturated carbocycles. The fourth-order valence-corrected chi connectivity index (χ4v) is 3.89. The Bertz CT molecular complexity index is 885. The molecule has 27 heavy (non-hydrogen) atoms. The number of ether oxygens (including phenoxy) is 1. The van der Waals surface area contributed by atoms with Gasteiger partial charge in [0.1, 0.15) is 5.60 Å². The number of hydrogen-bond acceptors (Lipinski definition) is 7. The molecule has 2 aromatic heterocycles. The SMILES string of the molecule is CCc1cc(=O)n2nc(NC3CN(C(=O)OC(C)(C)C)CCC3C)sc2n1. The number of amides is 1. The molecule has 1 fully saturated rings. The van der Waals surface area contributed by atoms with Crippen LogP contribution in [0.15, 0.2) is 10.9 Å². The number of likely N-dealkylation sites (tertiary alicyclic amines) is 1. The second-order valence-corrected chi connectivity index (χ2v) is 8.94. The van der Waals surface area contributed by atoms with Crippen LogP contribution in [-0.4, -0.2) is 50.3 Å². The number of rotatable bonds is 3. The standard InChI is InChI=1S/C18H27N5O3S/c1-6-12-9-14(24)23-16(19-12)27-15(21-23)20-13-10-22(8-7-11(13)2)17(25)26-18(3,4)5/h9,11,13H,6-8,10H2,1-5H3,(H,20,21). The Hall–Kier alpha value is -2.16. The Kier molecular flexibility index (Phi) is 5.41. The van der Waals surface area contributed by atoms with Gasteiger partial charge in [-0.05, 0) is 39.5 Å². The van der Waals surface area contributed by atoms with Gasteiger partial charge < -0.3 is 15.0 Å². The highest BCUT2D eigenvalue weighted by Crippen LogP contribution is 2.25. The molecule has 1 saturated heterocycles. The molecule has 0 aromatic carbocycles. The summed E-state index contributed by atoms with van der Waals surface area (Å²) in [6.45, 7) is 10.9. The van der Waals surface area contributed by atoms with E-state index in [0.29, 0.717) is 35.5 Å². The number of fused-ring (bicyclic) bond motifs is 1. The second kappa shape index (κ2) is 7.46. The second-order valence-electron chi connectivity index (χ2n) is 7.98. The van der Waals surface area contributed by atoms with Gasteiger partial charge in [-0.25, -0.2) is 9.78 Å². The van der Waals surface area contributed by atoms with Crippen LogP contribution in [0.4, 0.5) is 9.93 Å². The van der Waals surface area contributed by atoms with Crippen molar-refractivity contribution in [1.82, 2.24) is 19.5 Å². The molecule has 0 radical (unpaired) electrons. The molecule has 1 N–H and O–H groups in total. The van der Waals surface area contributed by atoms with Crippen LogP contribution >= 0.6 is 11.3 Å². The first kappa shape index (κ1) is 19.6. The number of piperidine rings is 1. The van der Waals surface area contributed by atoms with Crippen LogP contribution in [0.3, 0.4) is 0 Å². The van der Waals surface area contributed by atoms with E-state index in [1.165, 1.54) is 21.9 Å². The molecule has 3 heterocycles. The summed E-state index contributed by atoms with van der Waals surface area (Å²) in [5.74, 6) is 0.367. The Balaban J connectivity index is 1.75. The first-order valence-corrected chi connectivity index (χ1v) is 10.1. The summed E-state index contributed by atoms with van der Waals surface area (Å²) in [6.07, 6.45) is 1.28. The monoisotopic (exact) mass is 393 g/mol. The third-order valence-electron chi connectivity index (χ3n) is 4.58. The minimum absolute atomic E-state index is 0.0354. The maximum atomic E-state index is 12.4. The molecular weight excluding hydrogens is 366 g/mol. The van der Waals surface area contributed by atoms with Crippen LogP contribution in [0, 0.1) is 5.92 Å². The molecule has 2 aromatic rings. The number of carbonyl (C=O) groups is 1. The summed E-state index contributed by atoms with van der Waals surface area (Å²) in [5, 5.41) is 8.39. The summed E-state index contributed by atoms with van der Waals surface area (Å²) in [4.78, 5) is 31.3. The largest absolute Gasteiger partial charge is 0.444 e. The minimum Gasteiger partial charge on any atom is -0.444 e. The summed E-state index contributed by atoms with van der Waals surface area (Å²) >= 11 is 1.35. The zero-order valence-corrected chi connectivity index (χ0v) is 17.3. The number of aromatic nitrogens is 3. The number of anilines is 1. The quantitative estimate of drug-likeness (QED) is 0.863. The molecule has 1 aliphatic heterocycles. The van der Waals surface area contributed by atoms with Crippen molar-refractivity contribution in [3.8, 4) is 0 Å². The van der Waals surface area contributed by atoms with Crippen molar-refractivity contribution in [3.63, 3.8) is 0 Å². The van der Waals surface area contributed by atoms with E-state index >= 15 is 0 Å². The van der Waals surface area contributed by atoms with Crippen molar-refractivity contribution in [2.75, 3.05) is 18.4 Å². The average Bonchev–Trinajstić information content (AvgIpc) is 2.98. The third kappa shape index (κ3) is 4.58. The Morgan fingerprint density at radius 3 is 2.85 bits per heavy atom. The van der Waals surface area contributed by atoms with Gasteiger partial charge in [0.25, 0.3) is 5.56 Å². The van der Waals surface area contributed by atoms with Crippen molar-refractivity contribution in [2.24, 2.45) is 5.92 Å². The lowest BCUT2D eigenvalue weighted by atomic mass is 9.94. The fourth-order valence-electron chi connectivity index (χ4n) is 3.00. The molecule has 0 aliphatic carbocycles. The normalized spacial score (nSPS) is 20.7. The van der Waals surface area contributed by atoms with Crippen molar-refractivity contribution in [1.29, 1.82) is 0 Å². The van der Waals surface area contributed by atoms with E-state index in [4.69, 9.17) is 4.74 Å². The zero-order valence-electron chi connectivity index (χ0n) is 16.5. The topological polar surface area (TPSA) is 88.8 Å². The highest BCUT2D eigenvalue weighted by Gasteiger charge is 2.32. The molecule has 0 bridgehead atoms. The van der Waals surface area contributed by atoms with Gasteiger partial charge in [0, 0.05) is 30.9 Å². The van der Waals surface area contributed by atoms with Gasteiger partial charge in [-0.2, -0.15) is 4.52 Å².